The Kier molecular flexibility index (Phi) is 3.92. The van der Waals surface area contributed by atoms with Crippen LogP contribution in [0.4, 0.5) is 5.82 Å². The maximum Gasteiger partial charge on any atom is 0.254 e. The molecule has 0 bridgehead atoms. The van der Waals surface area contributed by atoms with E-state index in [2.05, 4.69) is 20.4 Å². The summed E-state index contributed by atoms with van der Waals surface area (Å²) in [5.74, 6) is 0.928. The van der Waals surface area contributed by atoms with Crippen LogP contribution >= 0.6 is 0 Å². The molecule has 118 valence electrons. The minimum absolute atomic E-state index is 0.160. The molecule has 1 aromatic carbocycles. The van der Waals surface area contributed by atoms with Gasteiger partial charge in [-0.2, -0.15) is 9.50 Å². The van der Waals surface area contributed by atoms with E-state index in [4.69, 9.17) is 0 Å². The lowest BCUT2D eigenvalue weighted by Crippen LogP contribution is -2.18. The van der Waals surface area contributed by atoms with Crippen molar-refractivity contribution in [3.05, 3.63) is 46.2 Å². The summed E-state index contributed by atoms with van der Waals surface area (Å²) in [7, 11) is 0. The maximum atomic E-state index is 11.8. The summed E-state index contributed by atoms with van der Waals surface area (Å²) in [5.41, 5.74) is 1.64. The molecule has 1 amide bonds. The molecule has 0 saturated carbocycles. The van der Waals surface area contributed by atoms with Gasteiger partial charge in [-0.3, -0.25) is 14.6 Å². The molecular weight excluding hydrogens is 294 g/mol. The van der Waals surface area contributed by atoms with Crippen molar-refractivity contribution < 1.29 is 4.79 Å². The lowest BCUT2D eigenvalue weighted by molar-refractivity contribution is -0.116. The Bertz CT molecular complexity index is 908. The third kappa shape index (κ3) is 3.13. The van der Waals surface area contributed by atoms with Crippen molar-refractivity contribution in [2.24, 2.45) is 0 Å². The van der Waals surface area contributed by atoms with Crippen LogP contribution in [0.25, 0.3) is 17.2 Å². The number of fused-ring (bicyclic) bond motifs is 1. The van der Waals surface area contributed by atoms with Gasteiger partial charge in [0.1, 0.15) is 5.82 Å². The predicted molar refractivity (Wildman–Crippen MR) is 87.3 cm³/mol. The number of rotatable bonds is 4. The van der Waals surface area contributed by atoms with Gasteiger partial charge in [-0.05, 0) is 13.3 Å². The monoisotopic (exact) mass is 311 g/mol. The predicted octanol–water partition coefficient (Wildman–Crippen LogP) is 2.13. The van der Waals surface area contributed by atoms with Crippen molar-refractivity contribution >= 4 is 17.5 Å². The van der Waals surface area contributed by atoms with E-state index in [-0.39, 0.29) is 11.5 Å². The Balaban J connectivity index is 2.06. The Labute approximate surface area is 132 Å². The molecule has 0 aliphatic heterocycles. The van der Waals surface area contributed by atoms with E-state index in [0.29, 0.717) is 23.8 Å². The van der Waals surface area contributed by atoms with Crippen LogP contribution in [0, 0.1) is 6.92 Å². The molecule has 0 radical (unpaired) electrons. The molecule has 0 spiro atoms. The highest BCUT2D eigenvalue weighted by Crippen LogP contribution is 2.17. The van der Waals surface area contributed by atoms with E-state index in [1.807, 2.05) is 38.1 Å². The van der Waals surface area contributed by atoms with Crippen LogP contribution in [0.2, 0.25) is 0 Å². The first kappa shape index (κ1) is 15.0. The number of hydrogen-bond acceptors (Lipinski definition) is 4. The van der Waals surface area contributed by atoms with Crippen LogP contribution in [0.15, 0.2) is 35.1 Å². The molecule has 7 heteroatoms. The molecule has 2 aromatic heterocycles. The number of aromatic amines is 1. The minimum Gasteiger partial charge on any atom is -0.310 e. The van der Waals surface area contributed by atoms with Gasteiger partial charge >= 0.3 is 0 Å². The van der Waals surface area contributed by atoms with Crippen molar-refractivity contribution in [2.45, 2.75) is 26.7 Å². The molecule has 3 aromatic rings. The van der Waals surface area contributed by atoms with E-state index >= 15 is 0 Å². The summed E-state index contributed by atoms with van der Waals surface area (Å²) in [6.07, 6.45) is 1.11. The average Bonchev–Trinajstić information content (AvgIpc) is 2.92. The first-order valence-corrected chi connectivity index (χ1v) is 7.44. The molecule has 3 rings (SSSR count). The summed E-state index contributed by atoms with van der Waals surface area (Å²) in [5, 5.41) is 7.09. The largest absolute Gasteiger partial charge is 0.310 e. The van der Waals surface area contributed by atoms with E-state index in [1.54, 1.807) is 0 Å². The summed E-state index contributed by atoms with van der Waals surface area (Å²) in [4.78, 5) is 30.5. The Hall–Kier alpha value is -2.96. The van der Waals surface area contributed by atoms with Crippen molar-refractivity contribution in [1.29, 1.82) is 0 Å². The molecule has 2 heterocycles. The van der Waals surface area contributed by atoms with Gasteiger partial charge in [-0.25, -0.2) is 0 Å². The molecule has 0 aliphatic carbocycles. The molecule has 0 atom stereocenters. The van der Waals surface area contributed by atoms with Gasteiger partial charge in [0.25, 0.3) is 5.56 Å². The standard InChI is InChI=1S/C16H17N5O2/c1-3-4-13(22)17-12-9-14(23)18-16-19-15(20-21(12)16)11-7-5-10(2)6-8-11/h5-9H,3-4H2,1-2H3,(H,17,22)(H,18,19,20,23). The highest BCUT2D eigenvalue weighted by molar-refractivity contribution is 5.89. The number of H-pyrrole nitrogens is 1. The third-order valence-corrected chi connectivity index (χ3v) is 3.39. The van der Waals surface area contributed by atoms with Gasteiger partial charge in [0, 0.05) is 18.1 Å². The highest BCUT2D eigenvalue weighted by Gasteiger charge is 2.12. The molecule has 0 saturated heterocycles. The second-order valence-electron chi connectivity index (χ2n) is 5.35. The van der Waals surface area contributed by atoms with Crippen molar-refractivity contribution in [1.82, 2.24) is 19.6 Å². The normalized spacial score (nSPS) is 10.9. The smallest absolute Gasteiger partial charge is 0.254 e. The second-order valence-corrected chi connectivity index (χ2v) is 5.35. The van der Waals surface area contributed by atoms with Crippen LogP contribution in [0.1, 0.15) is 25.3 Å². The van der Waals surface area contributed by atoms with Gasteiger partial charge < -0.3 is 5.32 Å². The lowest BCUT2D eigenvalue weighted by atomic mass is 10.1. The number of nitrogens with zero attached hydrogens (tertiary/aromatic N) is 3. The lowest BCUT2D eigenvalue weighted by Gasteiger charge is -2.04. The number of nitrogens with one attached hydrogen (secondary N) is 2. The van der Waals surface area contributed by atoms with Crippen molar-refractivity contribution in [2.75, 3.05) is 5.32 Å². The summed E-state index contributed by atoms with van der Waals surface area (Å²) in [6.45, 7) is 3.91. The highest BCUT2D eigenvalue weighted by atomic mass is 16.2. The first-order chi connectivity index (χ1) is 11.1. The Morgan fingerprint density at radius 3 is 2.74 bits per heavy atom. The number of anilines is 1. The quantitative estimate of drug-likeness (QED) is 0.772. The van der Waals surface area contributed by atoms with E-state index in [1.165, 1.54) is 10.6 Å². The molecule has 0 aliphatic rings. The van der Waals surface area contributed by atoms with Gasteiger partial charge in [0.15, 0.2) is 5.82 Å². The summed E-state index contributed by atoms with van der Waals surface area (Å²) in [6, 6.07) is 9.06. The maximum absolute atomic E-state index is 11.8. The number of benzene rings is 1. The van der Waals surface area contributed by atoms with E-state index in [9.17, 15) is 9.59 Å². The molecular formula is C16H17N5O2. The van der Waals surface area contributed by atoms with Crippen LogP contribution < -0.4 is 10.9 Å². The van der Waals surface area contributed by atoms with E-state index < -0.39 is 0 Å². The number of aryl methyl sites for hydroxylation is 1. The number of aromatic nitrogens is 4. The number of carbonyl (C=O) groups excluding carboxylic acids is 1. The first-order valence-electron chi connectivity index (χ1n) is 7.44. The van der Waals surface area contributed by atoms with E-state index in [0.717, 1.165) is 17.5 Å². The fraction of sp³-hybridized carbons (Fsp3) is 0.250. The summed E-state index contributed by atoms with van der Waals surface area (Å²) >= 11 is 0. The van der Waals surface area contributed by atoms with Crippen LogP contribution in [-0.4, -0.2) is 25.5 Å². The van der Waals surface area contributed by atoms with Crippen LogP contribution in [0.5, 0.6) is 0 Å². The zero-order valence-electron chi connectivity index (χ0n) is 13.0. The fourth-order valence-corrected chi connectivity index (χ4v) is 2.24. The molecule has 0 unspecified atom stereocenters. The van der Waals surface area contributed by atoms with Gasteiger partial charge in [0.05, 0.1) is 0 Å². The molecule has 0 fully saturated rings. The Morgan fingerprint density at radius 2 is 2.04 bits per heavy atom. The Morgan fingerprint density at radius 1 is 1.30 bits per heavy atom. The molecule has 7 nitrogen and oxygen atoms in total. The van der Waals surface area contributed by atoms with Crippen LogP contribution in [-0.2, 0) is 4.79 Å². The summed E-state index contributed by atoms with van der Waals surface area (Å²) < 4.78 is 1.43. The number of carbonyl (C=O) groups is 1. The molecule has 23 heavy (non-hydrogen) atoms. The number of amides is 1. The SMILES string of the molecule is CCCC(=O)Nc1cc(=O)[nH]c2nc(-c3ccc(C)cc3)nn12. The zero-order chi connectivity index (χ0) is 16.4. The second kappa shape index (κ2) is 6.04. The average molecular weight is 311 g/mol. The third-order valence-electron chi connectivity index (χ3n) is 3.39. The number of hydrogen-bond donors (Lipinski definition) is 2. The van der Waals surface area contributed by atoms with Gasteiger partial charge in [-0.1, -0.05) is 36.8 Å². The fourth-order valence-electron chi connectivity index (χ4n) is 2.24. The molecule has 2 N–H and O–H groups in total. The van der Waals surface area contributed by atoms with Crippen molar-refractivity contribution in [3.8, 4) is 11.4 Å². The van der Waals surface area contributed by atoms with Crippen LogP contribution in [0.3, 0.4) is 0 Å². The topological polar surface area (TPSA) is 92.1 Å². The van der Waals surface area contributed by atoms with Gasteiger partial charge in [0.2, 0.25) is 11.7 Å². The van der Waals surface area contributed by atoms with Crippen molar-refractivity contribution in [3.63, 3.8) is 0 Å². The zero-order valence-corrected chi connectivity index (χ0v) is 13.0. The minimum atomic E-state index is -0.341. The van der Waals surface area contributed by atoms with Gasteiger partial charge in [-0.15, -0.1) is 5.10 Å².